The Labute approximate surface area is 201 Å². The summed E-state index contributed by atoms with van der Waals surface area (Å²) in [6.07, 6.45) is 7.53. The van der Waals surface area contributed by atoms with Crippen LogP contribution in [0.25, 0.3) is 32.9 Å². The first-order chi connectivity index (χ1) is 16.3. The van der Waals surface area contributed by atoms with Gasteiger partial charge in [0.15, 0.2) is 11.2 Å². The average Bonchev–Trinajstić information content (AvgIpc) is 3.44. The van der Waals surface area contributed by atoms with Crippen molar-refractivity contribution in [2.45, 2.75) is 64.7 Å². The predicted octanol–water partition coefficient (Wildman–Crippen LogP) is 7.49. The monoisotopic (exact) mass is 449 g/mol. The van der Waals surface area contributed by atoms with Crippen LogP contribution in [-0.2, 0) is 12.5 Å². The summed E-state index contributed by atoms with van der Waals surface area (Å²) in [5.74, 6) is 4.43. The van der Waals surface area contributed by atoms with E-state index in [0.29, 0.717) is 5.92 Å². The van der Waals surface area contributed by atoms with Crippen molar-refractivity contribution in [2.24, 2.45) is 18.9 Å². The highest BCUT2D eigenvalue weighted by Crippen LogP contribution is 2.56. The second-order valence-corrected chi connectivity index (χ2v) is 12.0. The third-order valence-electron chi connectivity index (χ3n) is 8.86. The van der Waals surface area contributed by atoms with Crippen molar-refractivity contribution in [2.75, 3.05) is 0 Å². The minimum Gasteiger partial charge on any atom is -0.455 e. The number of hydrogen-bond donors (Lipinski definition) is 0. The molecule has 0 radical (unpaired) electrons. The lowest BCUT2D eigenvalue weighted by Crippen LogP contribution is -2.33. The van der Waals surface area contributed by atoms with E-state index in [4.69, 9.17) is 9.72 Å². The molecule has 0 amide bonds. The minimum absolute atomic E-state index is 0.0537. The van der Waals surface area contributed by atoms with E-state index in [-0.39, 0.29) is 5.41 Å². The molecule has 3 aromatic carbocycles. The standard InChI is InChI=1S/C31H33N2O/c1-17-21-8-6-7-9-22(21)28(31(2,3)4)30-26(17)29-27-24(32-16-33(29)5)14-20(15-25(27)34-30)23-13-18-10-11-19(23)12-18/h6-9,14-16,18-19,23H,10-13H2,1-5H3/q+1. The van der Waals surface area contributed by atoms with Crippen LogP contribution in [0.1, 0.15) is 69.1 Å². The summed E-state index contributed by atoms with van der Waals surface area (Å²) in [6, 6.07) is 13.5. The summed E-state index contributed by atoms with van der Waals surface area (Å²) in [4.78, 5) is 4.90. The zero-order valence-corrected chi connectivity index (χ0v) is 20.9. The molecule has 0 spiro atoms. The molecule has 2 heterocycles. The van der Waals surface area contributed by atoms with Gasteiger partial charge in [-0.15, -0.1) is 0 Å². The first-order valence-corrected chi connectivity index (χ1v) is 12.9. The van der Waals surface area contributed by atoms with Gasteiger partial charge in [0.05, 0.1) is 12.6 Å². The van der Waals surface area contributed by atoms with Crippen LogP contribution in [-0.4, -0.2) is 4.98 Å². The van der Waals surface area contributed by atoms with E-state index in [2.05, 4.69) is 75.7 Å². The second kappa shape index (κ2) is 6.81. The molecule has 4 aromatic rings. The Balaban J connectivity index is 1.56. The molecule has 1 aliphatic heterocycles. The Hall–Kier alpha value is -2.94. The van der Waals surface area contributed by atoms with E-state index in [1.807, 2.05) is 6.33 Å². The zero-order chi connectivity index (χ0) is 23.4. The van der Waals surface area contributed by atoms with Gasteiger partial charge in [0.25, 0.3) is 6.33 Å². The maximum Gasteiger partial charge on any atom is 0.287 e. The van der Waals surface area contributed by atoms with Gasteiger partial charge in [0, 0.05) is 5.56 Å². The van der Waals surface area contributed by atoms with Gasteiger partial charge in [-0.1, -0.05) is 51.5 Å². The fourth-order valence-corrected chi connectivity index (χ4v) is 7.42. The molecular weight excluding hydrogens is 416 g/mol. The normalized spacial score (nSPS) is 22.9. The molecule has 3 nitrogen and oxygen atoms in total. The SMILES string of the molecule is Cc1c2c(c(C(C)(C)C)c3ccccc13)Oc1cc(C3CC4CCC3C4)cc3nc[n+](C)c-2c13. The molecule has 2 bridgehead atoms. The molecule has 3 unspecified atom stereocenters. The maximum atomic E-state index is 6.98. The smallest absolute Gasteiger partial charge is 0.287 e. The van der Waals surface area contributed by atoms with E-state index in [0.717, 1.165) is 34.2 Å². The first-order valence-electron chi connectivity index (χ1n) is 12.9. The van der Waals surface area contributed by atoms with Gasteiger partial charge in [0.2, 0.25) is 0 Å². The van der Waals surface area contributed by atoms with Crippen molar-refractivity contribution in [3.63, 3.8) is 0 Å². The van der Waals surface area contributed by atoms with E-state index in [1.54, 1.807) is 0 Å². The van der Waals surface area contributed by atoms with Crippen molar-refractivity contribution in [1.29, 1.82) is 0 Å². The van der Waals surface area contributed by atoms with Gasteiger partial charge >= 0.3 is 0 Å². The lowest BCUT2D eigenvalue weighted by Gasteiger charge is -2.31. The summed E-state index contributed by atoms with van der Waals surface area (Å²) in [5, 5.41) is 3.76. The highest BCUT2D eigenvalue weighted by molar-refractivity contribution is 6.06. The predicted molar refractivity (Wildman–Crippen MR) is 138 cm³/mol. The number of fused-ring (bicyclic) bond motifs is 5. The topological polar surface area (TPSA) is 26.0 Å². The van der Waals surface area contributed by atoms with Crippen LogP contribution in [0.3, 0.4) is 0 Å². The molecule has 2 aliphatic carbocycles. The van der Waals surface area contributed by atoms with Crippen molar-refractivity contribution < 1.29 is 9.30 Å². The van der Waals surface area contributed by atoms with Gasteiger partial charge < -0.3 is 4.74 Å². The number of aryl methyl sites for hydroxylation is 2. The van der Waals surface area contributed by atoms with Crippen molar-refractivity contribution in [3.05, 3.63) is 59.4 Å². The van der Waals surface area contributed by atoms with Gasteiger partial charge in [-0.2, -0.15) is 0 Å². The molecule has 3 aliphatic rings. The molecule has 1 aromatic heterocycles. The third kappa shape index (κ3) is 2.70. The van der Waals surface area contributed by atoms with Gasteiger partial charge in [-0.25, -0.2) is 4.57 Å². The molecule has 2 fully saturated rings. The number of ether oxygens (including phenoxy) is 1. The van der Waals surface area contributed by atoms with Crippen LogP contribution in [0.2, 0.25) is 0 Å². The lowest BCUT2D eigenvalue weighted by molar-refractivity contribution is -0.662. The summed E-state index contributed by atoms with van der Waals surface area (Å²) >= 11 is 0. The van der Waals surface area contributed by atoms with Crippen LogP contribution in [0.5, 0.6) is 11.5 Å². The quantitative estimate of drug-likeness (QED) is 0.248. The number of nitrogens with zero attached hydrogens (tertiary/aromatic N) is 2. The fraction of sp³-hybridized carbons (Fsp3) is 0.419. The largest absolute Gasteiger partial charge is 0.455 e. The Morgan fingerprint density at radius 2 is 1.82 bits per heavy atom. The maximum absolute atomic E-state index is 6.98. The molecule has 0 saturated heterocycles. The Kier molecular flexibility index (Phi) is 4.09. The molecule has 0 N–H and O–H groups in total. The number of rotatable bonds is 1. The van der Waals surface area contributed by atoms with Crippen molar-refractivity contribution in [1.82, 2.24) is 4.98 Å². The van der Waals surface area contributed by atoms with Gasteiger partial charge in [-0.3, -0.25) is 0 Å². The van der Waals surface area contributed by atoms with Crippen LogP contribution in [0.15, 0.2) is 42.7 Å². The molecule has 34 heavy (non-hydrogen) atoms. The molecular formula is C31H33N2O+. The number of benzene rings is 3. The Morgan fingerprint density at radius 1 is 1.03 bits per heavy atom. The summed E-state index contributed by atoms with van der Waals surface area (Å²) in [7, 11) is 2.12. The number of hydrogen-bond acceptors (Lipinski definition) is 2. The fourth-order valence-electron chi connectivity index (χ4n) is 7.42. The molecule has 7 rings (SSSR count). The first kappa shape index (κ1) is 20.4. The van der Waals surface area contributed by atoms with E-state index in [1.165, 1.54) is 64.4 Å². The highest BCUT2D eigenvalue weighted by Gasteiger charge is 2.42. The van der Waals surface area contributed by atoms with Gasteiger partial charge in [0.1, 0.15) is 16.9 Å². The molecule has 3 atom stereocenters. The summed E-state index contributed by atoms with van der Waals surface area (Å²) < 4.78 is 9.17. The summed E-state index contributed by atoms with van der Waals surface area (Å²) in [5.41, 5.74) is 7.48. The van der Waals surface area contributed by atoms with E-state index < -0.39 is 0 Å². The van der Waals surface area contributed by atoms with Gasteiger partial charge in [-0.05, 0) is 88.4 Å². The molecule has 172 valence electrons. The van der Waals surface area contributed by atoms with Crippen LogP contribution in [0.4, 0.5) is 0 Å². The Morgan fingerprint density at radius 3 is 2.53 bits per heavy atom. The lowest BCUT2D eigenvalue weighted by atomic mass is 9.78. The highest BCUT2D eigenvalue weighted by atomic mass is 16.5. The second-order valence-electron chi connectivity index (χ2n) is 12.0. The van der Waals surface area contributed by atoms with Crippen LogP contribution in [0, 0.1) is 18.8 Å². The van der Waals surface area contributed by atoms with E-state index >= 15 is 0 Å². The molecule has 2 saturated carbocycles. The third-order valence-corrected chi connectivity index (χ3v) is 8.86. The van der Waals surface area contributed by atoms with Crippen molar-refractivity contribution >= 4 is 21.7 Å². The average molecular weight is 450 g/mol. The van der Waals surface area contributed by atoms with E-state index in [9.17, 15) is 0 Å². The number of aromatic nitrogens is 2. The molecule has 3 heteroatoms. The zero-order valence-electron chi connectivity index (χ0n) is 20.9. The van der Waals surface area contributed by atoms with Crippen molar-refractivity contribution in [3.8, 4) is 22.8 Å². The Bertz CT molecular complexity index is 1510. The summed E-state index contributed by atoms with van der Waals surface area (Å²) in [6.45, 7) is 9.16. The minimum atomic E-state index is -0.0537. The van der Waals surface area contributed by atoms with Crippen LogP contribution >= 0.6 is 0 Å². The van der Waals surface area contributed by atoms with Crippen LogP contribution < -0.4 is 9.30 Å².